The number of carbonyl (C=O) groups excluding carboxylic acids is 1. The molecular weight excluding hydrogens is 236 g/mol. The lowest BCUT2D eigenvalue weighted by molar-refractivity contribution is -0.137. The van der Waals surface area contributed by atoms with Gasteiger partial charge in [0.05, 0.1) is 6.04 Å². The molecule has 0 aromatic carbocycles. The van der Waals surface area contributed by atoms with Gasteiger partial charge in [0.1, 0.15) is 0 Å². The molecule has 1 amide bonds. The molecule has 1 saturated heterocycles. The minimum Gasteiger partial charge on any atom is -0.338 e. The highest BCUT2D eigenvalue weighted by atomic mass is 16.2. The summed E-state index contributed by atoms with van der Waals surface area (Å²) < 4.78 is 0. The number of nitrogens with zero attached hydrogens (tertiary/aromatic N) is 1. The molecule has 0 aromatic heterocycles. The van der Waals surface area contributed by atoms with Crippen molar-refractivity contribution in [3.63, 3.8) is 0 Å². The Kier molecular flexibility index (Phi) is 4.54. The van der Waals surface area contributed by atoms with E-state index in [0.29, 0.717) is 6.04 Å². The Morgan fingerprint density at radius 3 is 2.32 bits per heavy atom. The second-order valence-electron chi connectivity index (χ2n) is 7.48. The summed E-state index contributed by atoms with van der Waals surface area (Å²) >= 11 is 0. The number of nitrogens with two attached hydrogens (primary N) is 1. The van der Waals surface area contributed by atoms with Crippen LogP contribution >= 0.6 is 0 Å². The first kappa shape index (κ1) is 14.8. The van der Waals surface area contributed by atoms with Gasteiger partial charge >= 0.3 is 0 Å². The first-order valence-electron chi connectivity index (χ1n) is 7.97. The molecule has 3 nitrogen and oxygen atoms in total. The topological polar surface area (TPSA) is 46.3 Å². The quantitative estimate of drug-likeness (QED) is 0.835. The zero-order valence-electron chi connectivity index (χ0n) is 12.8. The lowest BCUT2D eigenvalue weighted by Crippen LogP contribution is -2.53. The zero-order chi connectivity index (χ0) is 14.0. The highest BCUT2D eigenvalue weighted by Crippen LogP contribution is 2.35. The van der Waals surface area contributed by atoms with E-state index in [0.717, 1.165) is 18.9 Å². The lowest BCUT2D eigenvalue weighted by Gasteiger charge is -2.37. The molecule has 1 aliphatic carbocycles. The van der Waals surface area contributed by atoms with Crippen LogP contribution in [0.1, 0.15) is 65.7 Å². The van der Waals surface area contributed by atoms with Crippen molar-refractivity contribution in [2.24, 2.45) is 17.1 Å². The Hall–Kier alpha value is -0.570. The van der Waals surface area contributed by atoms with Crippen molar-refractivity contribution in [2.45, 2.75) is 77.8 Å². The van der Waals surface area contributed by atoms with Gasteiger partial charge in [0.2, 0.25) is 5.91 Å². The van der Waals surface area contributed by atoms with Gasteiger partial charge in [0.15, 0.2) is 0 Å². The Bertz CT molecular complexity index is 315. The third-order valence-corrected chi connectivity index (χ3v) is 4.98. The fourth-order valence-corrected chi connectivity index (χ4v) is 3.62. The van der Waals surface area contributed by atoms with E-state index in [9.17, 15) is 4.79 Å². The third kappa shape index (κ3) is 3.31. The van der Waals surface area contributed by atoms with Crippen molar-refractivity contribution in [3.05, 3.63) is 0 Å². The second kappa shape index (κ2) is 5.82. The maximum Gasteiger partial charge on any atom is 0.240 e. The average Bonchev–Trinajstić information content (AvgIpc) is 2.86. The summed E-state index contributed by atoms with van der Waals surface area (Å²) in [5.74, 6) is 0.910. The van der Waals surface area contributed by atoms with Crippen LogP contribution in [0.25, 0.3) is 0 Å². The van der Waals surface area contributed by atoms with E-state index < -0.39 is 0 Å². The number of rotatable bonds is 2. The van der Waals surface area contributed by atoms with Gasteiger partial charge in [-0.1, -0.05) is 40.0 Å². The molecule has 0 spiro atoms. The minimum absolute atomic E-state index is 0.142. The Morgan fingerprint density at radius 2 is 1.74 bits per heavy atom. The van der Waals surface area contributed by atoms with Crippen molar-refractivity contribution in [1.82, 2.24) is 4.90 Å². The smallest absolute Gasteiger partial charge is 0.240 e. The molecule has 3 heteroatoms. The first-order valence-corrected chi connectivity index (χ1v) is 7.97. The van der Waals surface area contributed by atoms with Gasteiger partial charge in [-0.25, -0.2) is 0 Å². The van der Waals surface area contributed by atoms with Crippen LogP contribution in [0.15, 0.2) is 0 Å². The molecule has 2 rings (SSSR count). The van der Waals surface area contributed by atoms with Gasteiger partial charge in [0, 0.05) is 12.6 Å². The molecule has 1 aliphatic heterocycles. The average molecular weight is 266 g/mol. The predicted octanol–water partition coefficient (Wildman–Crippen LogP) is 2.93. The molecule has 2 unspecified atom stereocenters. The van der Waals surface area contributed by atoms with E-state index in [1.54, 1.807) is 0 Å². The summed E-state index contributed by atoms with van der Waals surface area (Å²) in [5.41, 5.74) is 6.03. The zero-order valence-corrected chi connectivity index (χ0v) is 12.8. The van der Waals surface area contributed by atoms with E-state index in [1.165, 1.54) is 38.5 Å². The summed E-state index contributed by atoms with van der Waals surface area (Å²) in [6, 6.07) is 0.109. The normalized spacial score (nSPS) is 27.6. The maximum absolute atomic E-state index is 12.6. The summed E-state index contributed by atoms with van der Waals surface area (Å²) in [5, 5.41) is 0. The van der Waals surface area contributed by atoms with E-state index in [4.69, 9.17) is 5.73 Å². The largest absolute Gasteiger partial charge is 0.338 e. The summed E-state index contributed by atoms with van der Waals surface area (Å²) in [6.07, 6.45) is 9.01. The van der Waals surface area contributed by atoms with Crippen molar-refractivity contribution >= 4 is 5.91 Å². The van der Waals surface area contributed by atoms with Crippen molar-refractivity contribution in [1.29, 1.82) is 0 Å². The van der Waals surface area contributed by atoms with Crippen LogP contribution in [0.2, 0.25) is 0 Å². The first-order chi connectivity index (χ1) is 8.91. The molecule has 0 bridgehead atoms. The van der Waals surface area contributed by atoms with Gasteiger partial charge < -0.3 is 10.6 Å². The summed E-state index contributed by atoms with van der Waals surface area (Å²) in [6.45, 7) is 7.09. The van der Waals surface area contributed by atoms with Crippen molar-refractivity contribution in [2.75, 3.05) is 6.54 Å². The fraction of sp³-hybridized carbons (Fsp3) is 0.938. The lowest BCUT2D eigenvalue weighted by atomic mass is 9.82. The number of carbonyl (C=O) groups is 1. The molecule has 1 heterocycles. The third-order valence-electron chi connectivity index (χ3n) is 4.98. The highest BCUT2D eigenvalue weighted by molar-refractivity contribution is 5.83. The minimum atomic E-state index is -0.364. The van der Waals surface area contributed by atoms with Gasteiger partial charge in [0.25, 0.3) is 0 Å². The van der Waals surface area contributed by atoms with Crippen LogP contribution in [0.3, 0.4) is 0 Å². The molecular formula is C16H30N2O. The molecule has 2 atom stereocenters. The monoisotopic (exact) mass is 266 g/mol. The van der Waals surface area contributed by atoms with Crippen LogP contribution in [-0.2, 0) is 4.79 Å². The molecule has 19 heavy (non-hydrogen) atoms. The molecule has 0 aromatic rings. The summed E-state index contributed by atoms with van der Waals surface area (Å²) in [7, 11) is 0. The number of likely N-dealkylation sites (tertiary alicyclic amines) is 1. The second-order valence-corrected chi connectivity index (χ2v) is 7.48. The van der Waals surface area contributed by atoms with Crippen molar-refractivity contribution < 1.29 is 4.79 Å². The molecule has 2 aliphatic rings. The predicted molar refractivity (Wildman–Crippen MR) is 78.7 cm³/mol. The van der Waals surface area contributed by atoms with Gasteiger partial charge in [-0.3, -0.25) is 4.79 Å². The molecule has 110 valence electrons. The van der Waals surface area contributed by atoms with Gasteiger partial charge in [-0.2, -0.15) is 0 Å². The van der Waals surface area contributed by atoms with E-state index in [2.05, 4.69) is 25.7 Å². The van der Waals surface area contributed by atoms with Crippen LogP contribution in [0, 0.1) is 11.3 Å². The van der Waals surface area contributed by atoms with E-state index >= 15 is 0 Å². The fourth-order valence-electron chi connectivity index (χ4n) is 3.62. The number of amides is 1. The Balaban J connectivity index is 2.03. The highest BCUT2D eigenvalue weighted by Gasteiger charge is 2.39. The van der Waals surface area contributed by atoms with Gasteiger partial charge in [-0.15, -0.1) is 0 Å². The maximum atomic E-state index is 12.6. The van der Waals surface area contributed by atoms with Crippen LogP contribution in [0.4, 0.5) is 0 Å². The van der Waals surface area contributed by atoms with Gasteiger partial charge in [-0.05, 0) is 37.0 Å². The molecule has 0 radical (unpaired) electrons. The molecule has 1 saturated carbocycles. The SMILES string of the molecule is CC(C)(C)C(N)C(=O)N1CCCC1C1CCCCC1. The van der Waals surface area contributed by atoms with Crippen molar-refractivity contribution in [3.8, 4) is 0 Å². The van der Waals surface area contributed by atoms with E-state index in [1.807, 2.05) is 0 Å². The van der Waals surface area contributed by atoms with E-state index in [-0.39, 0.29) is 17.4 Å². The molecule has 2 N–H and O–H groups in total. The van der Waals surface area contributed by atoms with Crippen LogP contribution < -0.4 is 5.73 Å². The Labute approximate surface area is 117 Å². The standard InChI is InChI=1S/C16H30N2O/c1-16(2,3)14(17)15(19)18-11-7-10-13(18)12-8-5-4-6-9-12/h12-14H,4-11,17H2,1-3H3. The van der Waals surface area contributed by atoms with Crippen LogP contribution in [0.5, 0.6) is 0 Å². The Morgan fingerprint density at radius 1 is 1.11 bits per heavy atom. The number of hydrogen-bond donors (Lipinski definition) is 1. The van der Waals surface area contributed by atoms with Crippen LogP contribution in [-0.4, -0.2) is 29.4 Å². The number of hydrogen-bond acceptors (Lipinski definition) is 2. The summed E-state index contributed by atoms with van der Waals surface area (Å²) in [4.78, 5) is 14.8. The molecule has 2 fully saturated rings.